The van der Waals surface area contributed by atoms with E-state index in [-0.39, 0.29) is 6.10 Å². The Bertz CT molecular complexity index is 653. The molecule has 2 heterocycles. The third-order valence-electron chi connectivity index (χ3n) is 3.35. The molecular weight excluding hydrogens is 294 g/mol. The molecule has 0 amide bonds. The summed E-state index contributed by atoms with van der Waals surface area (Å²) in [6, 6.07) is 5.09. The SMILES string of the molecule is COc1cc(Cl)cc(-c2cc(N)no2)c1OC1CN(C)C1. The van der Waals surface area contributed by atoms with Gasteiger partial charge in [-0.1, -0.05) is 16.8 Å². The summed E-state index contributed by atoms with van der Waals surface area (Å²) in [6.07, 6.45) is 0.115. The number of ether oxygens (including phenoxy) is 2. The number of nitrogens with zero attached hydrogens (tertiary/aromatic N) is 2. The van der Waals surface area contributed by atoms with Gasteiger partial charge in [0.2, 0.25) is 0 Å². The van der Waals surface area contributed by atoms with Crippen LogP contribution < -0.4 is 15.2 Å². The van der Waals surface area contributed by atoms with Crippen LogP contribution in [-0.4, -0.2) is 43.4 Å². The van der Waals surface area contributed by atoms with Crippen molar-refractivity contribution in [1.82, 2.24) is 10.1 Å². The van der Waals surface area contributed by atoms with Crippen LogP contribution in [0.3, 0.4) is 0 Å². The van der Waals surface area contributed by atoms with Crippen LogP contribution in [0, 0.1) is 0 Å². The number of methoxy groups -OCH3 is 1. The first-order chi connectivity index (χ1) is 10.1. The molecule has 0 spiro atoms. The Morgan fingerprint density at radius 2 is 2.14 bits per heavy atom. The summed E-state index contributed by atoms with van der Waals surface area (Å²) in [5.74, 6) is 1.95. The molecule has 2 aromatic rings. The van der Waals surface area contributed by atoms with E-state index in [1.54, 1.807) is 25.3 Å². The summed E-state index contributed by atoms with van der Waals surface area (Å²) in [5.41, 5.74) is 6.29. The molecule has 0 unspecified atom stereocenters. The molecule has 1 saturated heterocycles. The highest BCUT2D eigenvalue weighted by Crippen LogP contribution is 2.42. The first-order valence-electron chi connectivity index (χ1n) is 6.52. The second-order valence-corrected chi connectivity index (χ2v) is 5.50. The van der Waals surface area contributed by atoms with Gasteiger partial charge in [-0.2, -0.15) is 0 Å². The Labute approximate surface area is 127 Å². The maximum absolute atomic E-state index is 6.13. The lowest BCUT2D eigenvalue weighted by atomic mass is 10.1. The second kappa shape index (κ2) is 5.46. The van der Waals surface area contributed by atoms with Crippen LogP contribution in [-0.2, 0) is 0 Å². The Kier molecular flexibility index (Phi) is 3.65. The second-order valence-electron chi connectivity index (χ2n) is 5.06. The fourth-order valence-electron chi connectivity index (χ4n) is 2.32. The number of aromatic nitrogens is 1. The number of benzene rings is 1. The molecule has 2 N–H and O–H groups in total. The summed E-state index contributed by atoms with van der Waals surface area (Å²) < 4.78 is 16.6. The van der Waals surface area contributed by atoms with Gasteiger partial charge >= 0.3 is 0 Å². The molecule has 112 valence electrons. The van der Waals surface area contributed by atoms with Crippen molar-refractivity contribution in [1.29, 1.82) is 0 Å². The lowest BCUT2D eigenvalue weighted by molar-refractivity contribution is 0.0373. The van der Waals surface area contributed by atoms with E-state index in [2.05, 4.69) is 10.1 Å². The molecule has 0 bridgehead atoms. The minimum absolute atomic E-state index is 0.115. The first-order valence-corrected chi connectivity index (χ1v) is 6.90. The Morgan fingerprint density at radius 1 is 1.38 bits per heavy atom. The monoisotopic (exact) mass is 309 g/mol. The highest BCUT2D eigenvalue weighted by atomic mass is 35.5. The summed E-state index contributed by atoms with van der Waals surface area (Å²) >= 11 is 6.13. The molecule has 1 aliphatic heterocycles. The van der Waals surface area contributed by atoms with Gasteiger partial charge in [0.1, 0.15) is 6.10 Å². The number of halogens is 1. The van der Waals surface area contributed by atoms with E-state index in [1.165, 1.54) is 0 Å². The molecule has 7 heteroatoms. The standard InChI is InChI=1S/C14H16ClN3O3/c1-18-6-9(7-18)20-14-10(11-5-13(16)17-21-11)3-8(15)4-12(14)19-2/h3-5,9H,6-7H2,1-2H3,(H2,16,17). The first kappa shape index (κ1) is 14.0. The van der Waals surface area contributed by atoms with Gasteiger partial charge in [-0.3, -0.25) is 4.90 Å². The third kappa shape index (κ3) is 2.77. The minimum atomic E-state index is 0.115. The van der Waals surface area contributed by atoms with Crippen LogP contribution in [0.25, 0.3) is 11.3 Å². The Hall–Kier alpha value is -1.92. The van der Waals surface area contributed by atoms with E-state index < -0.39 is 0 Å². The molecule has 0 radical (unpaired) electrons. The van der Waals surface area contributed by atoms with Gasteiger partial charge in [-0.05, 0) is 13.1 Å². The molecule has 1 aromatic carbocycles. The zero-order chi connectivity index (χ0) is 15.0. The van der Waals surface area contributed by atoms with Crippen molar-refractivity contribution >= 4 is 17.4 Å². The van der Waals surface area contributed by atoms with E-state index in [9.17, 15) is 0 Å². The van der Waals surface area contributed by atoms with Gasteiger partial charge in [0.05, 0.1) is 12.7 Å². The Balaban J connectivity index is 2.01. The third-order valence-corrected chi connectivity index (χ3v) is 3.57. The summed E-state index contributed by atoms with van der Waals surface area (Å²) in [5, 5.41) is 4.22. The average Bonchev–Trinajstić information content (AvgIpc) is 2.84. The van der Waals surface area contributed by atoms with Crippen molar-refractivity contribution in [3.8, 4) is 22.8 Å². The zero-order valence-electron chi connectivity index (χ0n) is 11.8. The van der Waals surface area contributed by atoms with Crippen LogP contribution in [0.4, 0.5) is 5.82 Å². The zero-order valence-corrected chi connectivity index (χ0v) is 12.6. The minimum Gasteiger partial charge on any atom is -0.493 e. The van der Waals surface area contributed by atoms with Gasteiger partial charge < -0.3 is 19.7 Å². The fourth-order valence-corrected chi connectivity index (χ4v) is 2.53. The number of likely N-dealkylation sites (N-methyl/N-ethyl adjacent to an activating group) is 1. The smallest absolute Gasteiger partial charge is 0.172 e. The van der Waals surface area contributed by atoms with Crippen molar-refractivity contribution in [2.24, 2.45) is 0 Å². The molecule has 0 saturated carbocycles. The average molecular weight is 310 g/mol. The van der Waals surface area contributed by atoms with Crippen LogP contribution >= 0.6 is 11.6 Å². The predicted molar refractivity (Wildman–Crippen MR) is 79.8 cm³/mol. The molecule has 0 aliphatic carbocycles. The van der Waals surface area contributed by atoms with Crippen LogP contribution in [0.15, 0.2) is 22.7 Å². The molecule has 21 heavy (non-hydrogen) atoms. The van der Waals surface area contributed by atoms with Crippen molar-refractivity contribution in [3.05, 3.63) is 23.2 Å². The lowest BCUT2D eigenvalue weighted by Crippen LogP contribution is -2.51. The predicted octanol–water partition coefficient (Wildman–Crippen LogP) is 2.28. The van der Waals surface area contributed by atoms with Crippen LogP contribution in [0.1, 0.15) is 0 Å². The summed E-state index contributed by atoms with van der Waals surface area (Å²) in [4.78, 5) is 2.17. The summed E-state index contributed by atoms with van der Waals surface area (Å²) in [7, 11) is 3.61. The number of hydrogen-bond donors (Lipinski definition) is 1. The van der Waals surface area contributed by atoms with E-state index in [0.29, 0.717) is 33.7 Å². The number of nitrogens with two attached hydrogens (primary N) is 1. The van der Waals surface area contributed by atoms with Crippen molar-refractivity contribution < 1.29 is 14.0 Å². The maximum Gasteiger partial charge on any atom is 0.172 e. The molecule has 1 fully saturated rings. The van der Waals surface area contributed by atoms with Crippen molar-refractivity contribution in [2.75, 3.05) is 33.0 Å². The molecule has 0 atom stereocenters. The number of likely N-dealkylation sites (tertiary alicyclic amines) is 1. The van der Waals surface area contributed by atoms with E-state index >= 15 is 0 Å². The van der Waals surface area contributed by atoms with Crippen molar-refractivity contribution in [2.45, 2.75) is 6.10 Å². The highest BCUT2D eigenvalue weighted by Gasteiger charge is 2.28. The highest BCUT2D eigenvalue weighted by molar-refractivity contribution is 6.31. The quantitative estimate of drug-likeness (QED) is 0.934. The molecule has 6 nitrogen and oxygen atoms in total. The van der Waals surface area contributed by atoms with E-state index in [1.807, 2.05) is 7.05 Å². The Morgan fingerprint density at radius 3 is 2.71 bits per heavy atom. The van der Waals surface area contributed by atoms with Gasteiger partial charge in [0.25, 0.3) is 0 Å². The number of nitrogen functional groups attached to an aromatic ring is 1. The van der Waals surface area contributed by atoms with Gasteiger partial charge in [0.15, 0.2) is 23.1 Å². The number of rotatable bonds is 4. The molecule has 3 rings (SSSR count). The maximum atomic E-state index is 6.13. The van der Waals surface area contributed by atoms with Crippen LogP contribution in [0.2, 0.25) is 5.02 Å². The van der Waals surface area contributed by atoms with Gasteiger partial charge in [-0.15, -0.1) is 0 Å². The molecule has 1 aromatic heterocycles. The van der Waals surface area contributed by atoms with Gasteiger partial charge in [0, 0.05) is 30.2 Å². The van der Waals surface area contributed by atoms with E-state index in [4.69, 9.17) is 31.3 Å². The fraction of sp³-hybridized carbons (Fsp3) is 0.357. The normalized spacial score (nSPS) is 15.8. The number of hydrogen-bond acceptors (Lipinski definition) is 6. The molecular formula is C14H16ClN3O3. The lowest BCUT2D eigenvalue weighted by Gasteiger charge is -2.36. The topological polar surface area (TPSA) is 73.8 Å². The van der Waals surface area contributed by atoms with Gasteiger partial charge in [-0.25, -0.2) is 0 Å². The largest absolute Gasteiger partial charge is 0.493 e. The summed E-state index contributed by atoms with van der Waals surface area (Å²) in [6.45, 7) is 1.73. The van der Waals surface area contributed by atoms with E-state index in [0.717, 1.165) is 13.1 Å². The van der Waals surface area contributed by atoms with Crippen LogP contribution in [0.5, 0.6) is 11.5 Å². The number of anilines is 1. The van der Waals surface area contributed by atoms with Crippen molar-refractivity contribution in [3.63, 3.8) is 0 Å². The molecule has 1 aliphatic rings.